The third-order valence-electron chi connectivity index (χ3n) is 6.12. The number of hydrogen-bond donors (Lipinski definition) is 8. The number of nitrogen functional groups attached to an aromatic ring is 1. The number of rotatable bonds is 4. The molecule has 2 fully saturated rings. The maximum absolute atomic E-state index is 11.3. The number of aliphatic hydroxyl groups excluding tert-OH is 6. The van der Waals surface area contributed by atoms with E-state index in [1.807, 2.05) is 0 Å². The van der Waals surface area contributed by atoms with Crippen molar-refractivity contribution in [3.05, 3.63) is 39.5 Å². The smallest absolute Gasteiger partial charge is 0.254 e. The molecule has 9 N–H and O–H groups in total. The van der Waals surface area contributed by atoms with Gasteiger partial charge in [0.1, 0.15) is 48.5 Å². The van der Waals surface area contributed by atoms with Crippen molar-refractivity contribution >= 4 is 29.2 Å². The normalized spacial score (nSPS) is 31.4. The van der Waals surface area contributed by atoms with Crippen molar-refractivity contribution in [1.82, 2.24) is 29.1 Å². The number of aliphatic hydroxyl groups is 6. The third-order valence-corrected chi connectivity index (χ3v) is 6.43. The van der Waals surface area contributed by atoms with Crippen LogP contribution in [0.4, 0.5) is 5.82 Å². The molecule has 202 valence electrons. The SMILES string of the molecule is Cc1cn([C@@H]2O[C@H](CO)[C@@H](O)[C@H]2O)c(=S)[nH]c1=O.Nc1ncnc2c1ncn2[C@@H]1O[C@H](CO)[C@@H](O)[C@H]1O. The Balaban J connectivity index is 0.000000173. The van der Waals surface area contributed by atoms with Crippen LogP contribution in [0.15, 0.2) is 23.6 Å². The van der Waals surface area contributed by atoms with Gasteiger partial charge in [-0.3, -0.25) is 18.9 Å². The highest BCUT2D eigenvalue weighted by Crippen LogP contribution is 2.32. The minimum atomic E-state index is -1.22. The molecule has 3 aromatic heterocycles. The Bertz CT molecular complexity index is 1360. The number of aromatic amines is 1. The molecule has 0 unspecified atom stereocenters. The quantitative estimate of drug-likeness (QED) is 0.152. The van der Waals surface area contributed by atoms with Crippen molar-refractivity contribution in [3.63, 3.8) is 0 Å². The molecule has 2 aliphatic rings. The lowest BCUT2D eigenvalue weighted by Gasteiger charge is -2.18. The van der Waals surface area contributed by atoms with Crippen LogP contribution in [0.25, 0.3) is 11.2 Å². The van der Waals surface area contributed by atoms with Gasteiger partial charge in [-0.15, -0.1) is 0 Å². The van der Waals surface area contributed by atoms with E-state index in [0.717, 1.165) is 0 Å². The lowest BCUT2D eigenvalue weighted by molar-refractivity contribution is -0.0542. The fourth-order valence-electron chi connectivity index (χ4n) is 4.05. The number of ether oxygens (including phenoxy) is 2. The summed E-state index contributed by atoms with van der Waals surface area (Å²) in [6, 6.07) is 0. The first-order valence-corrected chi connectivity index (χ1v) is 11.5. The number of H-pyrrole nitrogens is 1. The Morgan fingerprint density at radius 2 is 1.54 bits per heavy atom. The molecule has 0 amide bonds. The minimum absolute atomic E-state index is 0.0837. The van der Waals surface area contributed by atoms with E-state index in [-0.39, 0.29) is 16.1 Å². The van der Waals surface area contributed by atoms with E-state index in [2.05, 4.69) is 19.9 Å². The standard InChI is InChI=1S/C10H13N5O4.C10H14N2O5S/c11-8-5-9(13-2-12-8)15(3-14-5)10-7(18)6(17)4(1-16)19-10;1-4-2-12(10(18)11-8(4)16)9-7(15)6(14)5(3-13)17-9/h2-4,6-7,10,16-18H,1H2,(H2,11,12,13);2,5-7,9,13-15H,3H2,1H3,(H,11,16,18)/t4-,6-,7-,10-;5-,6-,7-,9-/m11/s1. The lowest BCUT2D eigenvalue weighted by Crippen LogP contribution is -2.33. The van der Waals surface area contributed by atoms with E-state index in [4.69, 9.17) is 37.6 Å². The molecule has 5 rings (SSSR count). The molecule has 0 radical (unpaired) electrons. The zero-order valence-electron chi connectivity index (χ0n) is 19.4. The average Bonchev–Trinajstić information content (AvgIpc) is 3.52. The van der Waals surface area contributed by atoms with E-state index in [9.17, 15) is 25.2 Å². The molecule has 8 atom stereocenters. The summed E-state index contributed by atoms with van der Waals surface area (Å²) in [5, 5.41) is 57.2. The number of hydrogen-bond acceptors (Lipinski definition) is 14. The fourth-order valence-corrected chi connectivity index (χ4v) is 4.30. The molecule has 2 aliphatic heterocycles. The highest BCUT2D eigenvalue weighted by Gasteiger charge is 2.44. The summed E-state index contributed by atoms with van der Waals surface area (Å²) in [5.41, 5.74) is 6.53. The summed E-state index contributed by atoms with van der Waals surface area (Å²) in [5.74, 6) is 0.218. The second-order valence-corrected chi connectivity index (χ2v) is 8.91. The molecule has 5 heterocycles. The van der Waals surface area contributed by atoms with Crippen LogP contribution in [-0.4, -0.2) is 110 Å². The van der Waals surface area contributed by atoms with Crippen LogP contribution < -0.4 is 11.3 Å². The first kappa shape index (κ1) is 27.2. The predicted molar refractivity (Wildman–Crippen MR) is 126 cm³/mol. The van der Waals surface area contributed by atoms with Crippen LogP contribution in [0.1, 0.15) is 18.0 Å². The summed E-state index contributed by atoms with van der Waals surface area (Å²) in [7, 11) is 0. The Morgan fingerprint density at radius 3 is 2.08 bits per heavy atom. The second-order valence-electron chi connectivity index (χ2n) is 8.52. The van der Waals surface area contributed by atoms with Gasteiger partial charge in [-0.25, -0.2) is 15.0 Å². The van der Waals surface area contributed by atoms with Crippen molar-refractivity contribution < 1.29 is 40.1 Å². The zero-order valence-corrected chi connectivity index (χ0v) is 20.2. The molecule has 0 aromatic carbocycles. The molecule has 2 saturated heterocycles. The number of anilines is 1. The van der Waals surface area contributed by atoms with Gasteiger partial charge < -0.3 is 45.8 Å². The summed E-state index contributed by atoms with van der Waals surface area (Å²) in [6.07, 6.45) is -4.21. The van der Waals surface area contributed by atoms with Crippen molar-refractivity contribution in [2.24, 2.45) is 0 Å². The molecule has 0 bridgehead atoms. The topological polar surface area (TPSA) is 247 Å². The van der Waals surface area contributed by atoms with Crippen molar-refractivity contribution in [1.29, 1.82) is 0 Å². The lowest BCUT2D eigenvalue weighted by atomic mass is 10.1. The molecule has 0 spiro atoms. The van der Waals surface area contributed by atoms with Gasteiger partial charge in [-0.2, -0.15) is 0 Å². The van der Waals surface area contributed by atoms with E-state index in [1.54, 1.807) is 6.92 Å². The van der Waals surface area contributed by atoms with Crippen LogP contribution in [-0.2, 0) is 9.47 Å². The minimum Gasteiger partial charge on any atom is -0.394 e. The molecular weight excluding hydrogens is 514 g/mol. The Kier molecular flexibility index (Phi) is 7.97. The number of fused-ring (bicyclic) bond motifs is 1. The van der Waals surface area contributed by atoms with Crippen LogP contribution in [0.3, 0.4) is 0 Å². The van der Waals surface area contributed by atoms with Crippen molar-refractivity contribution in [2.45, 2.75) is 56.0 Å². The number of nitrogens with one attached hydrogen (secondary N) is 1. The van der Waals surface area contributed by atoms with Gasteiger partial charge in [-0.1, -0.05) is 0 Å². The van der Waals surface area contributed by atoms with Crippen molar-refractivity contribution in [2.75, 3.05) is 18.9 Å². The van der Waals surface area contributed by atoms with E-state index in [0.29, 0.717) is 16.7 Å². The Morgan fingerprint density at radius 1 is 0.973 bits per heavy atom. The zero-order chi connectivity index (χ0) is 27.0. The van der Waals surface area contributed by atoms with E-state index >= 15 is 0 Å². The summed E-state index contributed by atoms with van der Waals surface area (Å²) in [4.78, 5) is 25.7. The highest BCUT2D eigenvalue weighted by atomic mass is 32.1. The molecule has 17 heteroatoms. The van der Waals surface area contributed by atoms with Crippen LogP contribution >= 0.6 is 12.2 Å². The average molecular weight is 542 g/mol. The molecule has 0 saturated carbocycles. The van der Waals surface area contributed by atoms with Gasteiger partial charge in [0.05, 0.1) is 19.5 Å². The van der Waals surface area contributed by atoms with Gasteiger partial charge in [0.15, 0.2) is 28.7 Å². The van der Waals surface area contributed by atoms with Gasteiger partial charge >= 0.3 is 0 Å². The maximum Gasteiger partial charge on any atom is 0.254 e. The Labute approximate surface area is 213 Å². The Hall–Kier alpha value is -2.87. The second kappa shape index (κ2) is 10.9. The number of aryl methyl sites for hydroxylation is 1. The summed E-state index contributed by atoms with van der Waals surface area (Å²) in [6.45, 7) is 0.786. The predicted octanol–water partition coefficient (Wildman–Crippen LogP) is -3.15. The largest absolute Gasteiger partial charge is 0.394 e. The van der Waals surface area contributed by atoms with Crippen LogP contribution in [0.5, 0.6) is 0 Å². The van der Waals surface area contributed by atoms with Crippen LogP contribution in [0.2, 0.25) is 0 Å². The summed E-state index contributed by atoms with van der Waals surface area (Å²) < 4.78 is 13.6. The molecule has 16 nitrogen and oxygen atoms in total. The van der Waals surface area contributed by atoms with Gasteiger partial charge in [0.25, 0.3) is 5.56 Å². The third kappa shape index (κ3) is 5.00. The fraction of sp³-hybridized carbons (Fsp3) is 0.550. The van der Waals surface area contributed by atoms with Gasteiger partial charge in [0.2, 0.25) is 0 Å². The number of aromatic nitrogens is 6. The number of imidazole rings is 1. The maximum atomic E-state index is 11.3. The van der Waals surface area contributed by atoms with Crippen LogP contribution in [0, 0.1) is 11.7 Å². The molecule has 0 aliphatic carbocycles. The van der Waals surface area contributed by atoms with E-state index < -0.39 is 62.3 Å². The molecule has 3 aromatic rings. The first-order chi connectivity index (χ1) is 17.6. The number of nitrogens with two attached hydrogens (primary N) is 1. The van der Waals surface area contributed by atoms with Crippen molar-refractivity contribution in [3.8, 4) is 0 Å². The van der Waals surface area contributed by atoms with E-state index in [1.165, 1.54) is 28.0 Å². The molecular formula is C20H27N7O9S. The highest BCUT2D eigenvalue weighted by molar-refractivity contribution is 7.71. The monoisotopic (exact) mass is 541 g/mol. The van der Waals surface area contributed by atoms with Gasteiger partial charge in [0, 0.05) is 11.8 Å². The summed E-state index contributed by atoms with van der Waals surface area (Å²) >= 11 is 4.97. The van der Waals surface area contributed by atoms with Gasteiger partial charge in [-0.05, 0) is 19.1 Å². The first-order valence-electron chi connectivity index (χ1n) is 11.1. The molecule has 37 heavy (non-hydrogen) atoms. The number of nitrogens with zero attached hydrogens (tertiary/aromatic N) is 5.